The molecular formula is C16H22N4O. The van der Waals surface area contributed by atoms with Crippen molar-refractivity contribution in [3.63, 3.8) is 0 Å². The van der Waals surface area contributed by atoms with Gasteiger partial charge in [-0.15, -0.1) is 0 Å². The van der Waals surface area contributed by atoms with Crippen molar-refractivity contribution in [3.05, 3.63) is 48.2 Å². The number of hydrogen-bond acceptors (Lipinski definition) is 5. The number of hydrogen-bond donors (Lipinski definition) is 0. The van der Waals surface area contributed by atoms with E-state index in [0.717, 1.165) is 18.7 Å². The van der Waals surface area contributed by atoms with Gasteiger partial charge in [-0.1, -0.05) is 6.07 Å². The second-order valence-electron chi connectivity index (χ2n) is 5.10. The Morgan fingerprint density at radius 1 is 1.19 bits per heavy atom. The van der Waals surface area contributed by atoms with Gasteiger partial charge >= 0.3 is 0 Å². The SMILES string of the molecule is CCOc1ccc(CN(C)[C@H](C)Cc2cnccn2)cn1. The second kappa shape index (κ2) is 7.69. The molecule has 0 aromatic carbocycles. The third-order valence-electron chi connectivity index (χ3n) is 3.40. The molecule has 0 bridgehead atoms. The molecule has 112 valence electrons. The molecule has 2 rings (SSSR count). The molecular weight excluding hydrogens is 264 g/mol. The fourth-order valence-electron chi connectivity index (χ4n) is 2.08. The van der Waals surface area contributed by atoms with Crippen molar-refractivity contribution < 1.29 is 4.74 Å². The van der Waals surface area contributed by atoms with Crippen molar-refractivity contribution in [2.45, 2.75) is 32.9 Å². The van der Waals surface area contributed by atoms with E-state index in [0.29, 0.717) is 18.5 Å². The average Bonchev–Trinajstić information content (AvgIpc) is 2.50. The van der Waals surface area contributed by atoms with E-state index in [9.17, 15) is 0 Å². The van der Waals surface area contributed by atoms with E-state index in [1.165, 1.54) is 5.56 Å². The Hall–Kier alpha value is -2.01. The van der Waals surface area contributed by atoms with Crippen LogP contribution in [0.2, 0.25) is 0 Å². The van der Waals surface area contributed by atoms with Crippen LogP contribution in [0.15, 0.2) is 36.9 Å². The molecule has 2 aromatic rings. The van der Waals surface area contributed by atoms with E-state index in [1.54, 1.807) is 12.4 Å². The fraction of sp³-hybridized carbons (Fsp3) is 0.438. The highest BCUT2D eigenvalue weighted by Crippen LogP contribution is 2.12. The molecule has 0 saturated carbocycles. The van der Waals surface area contributed by atoms with E-state index >= 15 is 0 Å². The lowest BCUT2D eigenvalue weighted by Gasteiger charge is -2.24. The van der Waals surface area contributed by atoms with E-state index in [1.807, 2.05) is 25.4 Å². The van der Waals surface area contributed by atoms with Gasteiger partial charge in [0.2, 0.25) is 5.88 Å². The predicted molar refractivity (Wildman–Crippen MR) is 82.1 cm³/mol. The maximum Gasteiger partial charge on any atom is 0.213 e. The number of pyridine rings is 1. The molecule has 2 heterocycles. The molecule has 21 heavy (non-hydrogen) atoms. The first-order valence-electron chi connectivity index (χ1n) is 7.22. The molecule has 0 N–H and O–H groups in total. The van der Waals surface area contributed by atoms with Crippen LogP contribution in [-0.2, 0) is 13.0 Å². The monoisotopic (exact) mass is 286 g/mol. The average molecular weight is 286 g/mol. The van der Waals surface area contributed by atoms with Crippen molar-refractivity contribution in [1.29, 1.82) is 0 Å². The van der Waals surface area contributed by atoms with Gasteiger partial charge in [0.25, 0.3) is 0 Å². The highest BCUT2D eigenvalue weighted by molar-refractivity contribution is 5.17. The van der Waals surface area contributed by atoms with Crippen LogP contribution < -0.4 is 4.74 Å². The van der Waals surface area contributed by atoms with Crippen molar-refractivity contribution in [3.8, 4) is 5.88 Å². The molecule has 0 aliphatic carbocycles. The van der Waals surface area contributed by atoms with E-state index < -0.39 is 0 Å². The summed E-state index contributed by atoms with van der Waals surface area (Å²) in [6, 6.07) is 4.36. The van der Waals surface area contributed by atoms with Crippen LogP contribution in [0.3, 0.4) is 0 Å². The molecule has 2 aromatic heterocycles. The normalized spacial score (nSPS) is 12.4. The topological polar surface area (TPSA) is 51.1 Å². The zero-order valence-corrected chi connectivity index (χ0v) is 12.9. The van der Waals surface area contributed by atoms with Gasteiger partial charge in [0.15, 0.2) is 0 Å². The Balaban J connectivity index is 1.89. The third-order valence-corrected chi connectivity index (χ3v) is 3.40. The van der Waals surface area contributed by atoms with Gasteiger partial charge < -0.3 is 4.74 Å². The Morgan fingerprint density at radius 3 is 2.67 bits per heavy atom. The number of nitrogens with zero attached hydrogens (tertiary/aromatic N) is 4. The maximum atomic E-state index is 5.35. The van der Waals surface area contributed by atoms with Crippen LogP contribution in [0.25, 0.3) is 0 Å². The molecule has 1 atom stereocenters. The minimum Gasteiger partial charge on any atom is -0.478 e. The summed E-state index contributed by atoms with van der Waals surface area (Å²) in [5.41, 5.74) is 2.19. The van der Waals surface area contributed by atoms with E-state index in [4.69, 9.17) is 4.74 Å². The molecule has 0 amide bonds. The Bertz CT molecular complexity index is 530. The zero-order chi connectivity index (χ0) is 15.1. The lowest BCUT2D eigenvalue weighted by molar-refractivity contribution is 0.246. The van der Waals surface area contributed by atoms with Crippen molar-refractivity contribution >= 4 is 0 Å². The summed E-state index contributed by atoms with van der Waals surface area (Å²) in [5, 5.41) is 0. The highest BCUT2D eigenvalue weighted by atomic mass is 16.5. The van der Waals surface area contributed by atoms with Crippen LogP contribution >= 0.6 is 0 Å². The summed E-state index contributed by atoms with van der Waals surface area (Å²) in [5.74, 6) is 0.677. The van der Waals surface area contributed by atoms with Crippen molar-refractivity contribution in [1.82, 2.24) is 19.9 Å². The minimum absolute atomic E-state index is 0.383. The smallest absolute Gasteiger partial charge is 0.213 e. The molecule has 0 fully saturated rings. The van der Waals surface area contributed by atoms with Crippen LogP contribution in [0.4, 0.5) is 0 Å². The standard InChI is InChI=1S/C16H22N4O/c1-4-21-16-6-5-14(10-19-16)12-20(3)13(2)9-15-11-17-7-8-18-15/h5-8,10-11,13H,4,9,12H2,1-3H3/t13-/m1/s1. The van der Waals surface area contributed by atoms with Gasteiger partial charge in [0, 0.05) is 49.9 Å². The zero-order valence-electron chi connectivity index (χ0n) is 12.9. The molecule has 0 spiro atoms. The number of aromatic nitrogens is 3. The highest BCUT2D eigenvalue weighted by Gasteiger charge is 2.11. The summed E-state index contributed by atoms with van der Waals surface area (Å²) in [6.45, 7) is 5.64. The first-order valence-corrected chi connectivity index (χ1v) is 7.22. The molecule has 0 saturated heterocycles. The fourth-order valence-corrected chi connectivity index (χ4v) is 2.08. The Kier molecular flexibility index (Phi) is 5.63. The lowest BCUT2D eigenvalue weighted by Crippen LogP contribution is -2.30. The summed E-state index contributed by atoms with van der Waals surface area (Å²) in [7, 11) is 2.11. The van der Waals surface area contributed by atoms with E-state index in [-0.39, 0.29) is 0 Å². The molecule has 5 heteroatoms. The van der Waals surface area contributed by atoms with Gasteiger partial charge in [-0.2, -0.15) is 0 Å². The number of likely N-dealkylation sites (N-methyl/N-ethyl adjacent to an activating group) is 1. The van der Waals surface area contributed by atoms with E-state index in [2.05, 4.69) is 39.9 Å². The molecule has 0 unspecified atom stereocenters. The lowest BCUT2D eigenvalue weighted by atomic mass is 10.1. The Labute approximate surface area is 126 Å². The van der Waals surface area contributed by atoms with Crippen molar-refractivity contribution in [2.24, 2.45) is 0 Å². The first kappa shape index (κ1) is 15.4. The number of ether oxygens (including phenoxy) is 1. The van der Waals surface area contributed by atoms with Gasteiger partial charge in [-0.25, -0.2) is 4.98 Å². The van der Waals surface area contributed by atoms with Crippen LogP contribution in [-0.4, -0.2) is 39.5 Å². The quantitative estimate of drug-likeness (QED) is 0.782. The third kappa shape index (κ3) is 4.79. The minimum atomic E-state index is 0.383. The molecule has 5 nitrogen and oxygen atoms in total. The molecule has 0 aliphatic rings. The molecule has 0 radical (unpaired) electrons. The first-order chi connectivity index (χ1) is 10.2. The molecule has 0 aliphatic heterocycles. The van der Waals surface area contributed by atoms with Crippen LogP contribution in [0.1, 0.15) is 25.1 Å². The van der Waals surface area contributed by atoms with Gasteiger partial charge in [0.05, 0.1) is 12.3 Å². The van der Waals surface area contributed by atoms with Gasteiger partial charge in [0.1, 0.15) is 0 Å². The summed E-state index contributed by atoms with van der Waals surface area (Å²) in [4.78, 5) is 15.0. The summed E-state index contributed by atoms with van der Waals surface area (Å²) in [6.07, 6.45) is 8.01. The number of rotatable bonds is 7. The van der Waals surface area contributed by atoms with Gasteiger partial charge in [-0.3, -0.25) is 14.9 Å². The van der Waals surface area contributed by atoms with Gasteiger partial charge in [-0.05, 0) is 26.5 Å². The second-order valence-corrected chi connectivity index (χ2v) is 5.10. The van der Waals surface area contributed by atoms with Crippen molar-refractivity contribution in [2.75, 3.05) is 13.7 Å². The van der Waals surface area contributed by atoms with Crippen LogP contribution in [0, 0.1) is 0 Å². The summed E-state index contributed by atoms with van der Waals surface area (Å²) >= 11 is 0. The largest absolute Gasteiger partial charge is 0.478 e. The summed E-state index contributed by atoms with van der Waals surface area (Å²) < 4.78 is 5.35. The van der Waals surface area contributed by atoms with Crippen LogP contribution in [0.5, 0.6) is 5.88 Å². The Morgan fingerprint density at radius 2 is 2.05 bits per heavy atom. The maximum absolute atomic E-state index is 5.35. The predicted octanol–water partition coefficient (Wildman–Crippen LogP) is 2.33.